The van der Waals surface area contributed by atoms with Crippen molar-refractivity contribution in [1.29, 1.82) is 0 Å². The number of rotatable bonds is 12. The Hall–Kier alpha value is -2.48. The maximum atomic E-state index is 12.2. The fraction of sp³-hybridized carbons (Fsp3) is 0.450. The first kappa shape index (κ1) is 21.8. The predicted octanol–water partition coefficient (Wildman–Crippen LogP) is 2.78. The van der Waals surface area contributed by atoms with E-state index in [9.17, 15) is 14.4 Å². The third kappa shape index (κ3) is 6.92. The summed E-state index contributed by atoms with van der Waals surface area (Å²) in [7, 11) is 0. The monoisotopic (exact) mass is 405 g/mol. The zero-order valence-electron chi connectivity index (χ0n) is 16.0. The number of carboxylic acids is 1. The Kier molecular flexibility index (Phi) is 8.87. The van der Waals surface area contributed by atoms with Crippen LogP contribution in [-0.4, -0.2) is 52.5 Å². The molecule has 0 fully saturated rings. The van der Waals surface area contributed by atoms with Crippen molar-refractivity contribution in [1.82, 2.24) is 15.6 Å². The van der Waals surface area contributed by atoms with Gasteiger partial charge in [0, 0.05) is 23.9 Å². The van der Waals surface area contributed by atoms with Gasteiger partial charge in [-0.1, -0.05) is 24.6 Å². The van der Waals surface area contributed by atoms with Gasteiger partial charge in [0.15, 0.2) is 0 Å². The first-order chi connectivity index (χ1) is 13.5. The maximum Gasteiger partial charge on any atom is 0.326 e. The molecule has 1 heterocycles. The van der Waals surface area contributed by atoms with Gasteiger partial charge in [-0.25, -0.2) is 4.79 Å². The minimum absolute atomic E-state index is 0.146. The number of aliphatic carboxylic acids is 1. The smallest absolute Gasteiger partial charge is 0.326 e. The number of carbonyl (C=O) groups is 3. The quantitative estimate of drug-likeness (QED) is 0.406. The highest BCUT2D eigenvalue weighted by atomic mass is 32.2. The van der Waals surface area contributed by atoms with Crippen LogP contribution >= 0.6 is 11.8 Å². The Morgan fingerprint density at radius 2 is 1.96 bits per heavy atom. The van der Waals surface area contributed by atoms with Crippen molar-refractivity contribution in [3.63, 3.8) is 0 Å². The van der Waals surface area contributed by atoms with E-state index in [1.165, 1.54) is 0 Å². The summed E-state index contributed by atoms with van der Waals surface area (Å²) in [6, 6.07) is 8.71. The SMILES string of the molecule is CSCC[C@H](NC(=O)CCCCCNC(=O)c1cc2ccccc2[nH]1)C(=O)O. The Morgan fingerprint density at radius 3 is 2.68 bits per heavy atom. The van der Waals surface area contributed by atoms with E-state index in [1.807, 2.05) is 36.6 Å². The Labute approximate surface area is 168 Å². The standard InChI is InChI=1S/C20H27N3O4S/c1-28-12-10-16(20(26)27)23-18(24)9-3-2-6-11-21-19(25)17-13-14-7-4-5-8-15(14)22-17/h4-5,7-8,13,16,22H,2-3,6,9-12H2,1H3,(H,21,25)(H,23,24)(H,26,27)/t16-/m0/s1. The number of thioether (sulfide) groups is 1. The van der Waals surface area contributed by atoms with Crippen LogP contribution in [0, 0.1) is 0 Å². The van der Waals surface area contributed by atoms with Crippen LogP contribution in [0.25, 0.3) is 10.9 Å². The second kappa shape index (κ2) is 11.4. The van der Waals surface area contributed by atoms with Crippen LogP contribution < -0.4 is 10.6 Å². The first-order valence-electron chi connectivity index (χ1n) is 9.38. The number of nitrogens with one attached hydrogen (secondary N) is 3. The summed E-state index contributed by atoms with van der Waals surface area (Å²) < 4.78 is 0. The molecule has 0 saturated heterocycles. The Morgan fingerprint density at radius 1 is 1.18 bits per heavy atom. The van der Waals surface area contributed by atoms with Crippen molar-refractivity contribution in [2.24, 2.45) is 0 Å². The minimum atomic E-state index is -0.998. The van der Waals surface area contributed by atoms with Crippen molar-refractivity contribution >= 4 is 40.4 Å². The lowest BCUT2D eigenvalue weighted by Gasteiger charge is -2.13. The average molecular weight is 406 g/mol. The van der Waals surface area contributed by atoms with Gasteiger partial charge in [-0.15, -0.1) is 0 Å². The van der Waals surface area contributed by atoms with Gasteiger partial charge in [0.05, 0.1) is 0 Å². The number of aromatic amines is 1. The molecule has 0 unspecified atom stereocenters. The molecule has 0 aliphatic heterocycles. The topological polar surface area (TPSA) is 111 Å². The highest BCUT2D eigenvalue weighted by molar-refractivity contribution is 7.98. The number of hydrogen-bond donors (Lipinski definition) is 4. The number of para-hydroxylation sites is 1. The molecule has 152 valence electrons. The number of amides is 2. The lowest BCUT2D eigenvalue weighted by atomic mass is 10.1. The van der Waals surface area contributed by atoms with Crippen molar-refractivity contribution in [3.05, 3.63) is 36.0 Å². The minimum Gasteiger partial charge on any atom is -0.480 e. The summed E-state index contributed by atoms with van der Waals surface area (Å²) in [5.41, 5.74) is 1.46. The molecule has 1 atom stereocenters. The van der Waals surface area contributed by atoms with E-state index in [-0.39, 0.29) is 11.8 Å². The van der Waals surface area contributed by atoms with Crippen molar-refractivity contribution < 1.29 is 19.5 Å². The summed E-state index contributed by atoms with van der Waals surface area (Å²) in [4.78, 5) is 38.3. The van der Waals surface area contributed by atoms with Crippen molar-refractivity contribution in [2.45, 2.75) is 38.1 Å². The van der Waals surface area contributed by atoms with Gasteiger partial charge in [0.25, 0.3) is 5.91 Å². The molecule has 0 aliphatic rings. The molecule has 8 heteroatoms. The van der Waals surface area contributed by atoms with Gasteiger partial charge in [-0.2, -0.15) is 11.8 Å². The molecule has 28 heavy (non-hydrogen) atoms. The molecule has 2 rings (SSSR count). The summed E-state index contributed by atoms with van der Waals surface area (Å²) >= 11 is 1.55. The number of carboxylic acid groups (broad SMARTS) is 1. The highest BCUT2D eigenvalue weighted by Crippen LogP contribution is 2.14. The fourth-order valence-electron chi connectivity index (χ4n) is 2.84. The van der Waals surface area contributed by atoms with E-state index in [0.717, 1.165) is 23.7 Å². The number of H-pyrrole nitrogens is 1. The number of fused-ring (bicyclic) bond motifs is 1. The molecule has 0 radical (unpaired) electrons. The van der Waals surface area contributed by atoms with E-state index < -0.39 is 12.0 Å². The number of unbranched alkanes of at least 4 members (excludes halogenated alkanes) is 2. The van der Waals surface area contributed by atoms with Crippen LogP contribution in [0.3, 0.4) is 0 Å². The molecular weight excluding hydrogens is 378 g/mol. The molecule has 1 aromatic carbocycles. The van der Waals surface area contributed by atoms with Crippen molar-refractivity contribution in [2.75, 3.05) is 18.6 Å². The summed E-state index contributed by atoms with van der Waals surface area (Å²) in [6.07, 6.45) is 4.80. The second-order valence-corrected chi connectivity index (χ2v) is 7.56. The molecule has 0 saturated carbocycles. The van der Waals surface area contributed by atoms with Gasteiger partial charge in [0.1, 0.15) is 11.7 Å². The molecule has 0 aliphatic carbocycles. The number of carbonyl (C=O) groups excluding carboxylic acids is 2. The van der Waals surface area contributed by atoms with E-state index in [4.69, 9.17) is 5.11 Å². The fourth-order valence-corrected chi connectivity index (χ4v) is 3.31. The number of hydrogen-bond acceptors (Lipinski definition) is 4. The molecule has 2 aromatic rings. The molecule has 1 aromatic heterocycles. The Bertz CT molecular complexity index is 773. The molecule has 0 spiro atoms. The summed E-state index contributed by atoms with van der Waals surface area (Å²) in [5.74, 6) is -0.697. The normalized spacial score (nSPS) is 11.9. The zero-order valence-corrected chi connectivity index (χ0v) is 16.8. The highest BCUT2D eigenvalue weighted by Gasteiger charge is 2.18. The van der Waals surface area contributed by atoms with E-state index in [0.29, 0.717) is 37.3 Å². The summed E-state index contributed by atoms with van der Waals surface area (Å²) in [5, 5.41) is 15.5. The lowest BCUT2D eigenvalue weighted by Crippen LogP contribution is -2.41. The maximum absolute atomic E-state index is 12.2. The molecule has 0 bridgehead atoms. The third-order valence-corrected chi connectivity index (χ3v) is 5.03. The van der Waals surface area contributed by atoms with E-state index >= 15 is 0 Å². The second-order valence-electron chi connectivity index (χ2n) is 6.58. The van der Waals surface area contributed by atoms with E-state index in [2.05, 4.69) is 15.6 Å². The molecule has 2 amide bonds. The van der Waals surface area contributed by atoms with Crippen LogP contribution in [0.15, 0.2) is 30.3 Å². The van der Waals surface area contributed by atoms with Gasteiger partial charge in [0.2, 0.25) is 5.91 Å². The first-order valence-corrected chi connectivity index (χ1v) is 10.8. The van der Waals surface area contributed by atoms with Crippen LogP contribution in [-0.2, 0) is 9.59 Å². The largest absolute Gasteiger partial charge is 0.480 e. The molecule has 4 N–H and O–H groups in total. The number of benzene rings is 1. The van der Waals surface area contributed by atoms with Gasteiger partial charge < -0.3 is 20.7 Å². The summed E-state index contributed by atoms with van der Waals surface area (Å²) in [6.45, 7) is 0.529. The lowest BCUT2D eigenvalue weighted by molar-refractivity contribution is -0.141. The predicted molar refractivity (Wildman–Crippen MR) is 112 cm³/mol. The Balaban J connectivity index is 1.61. The van der Waals surface area contributed by atoms with Gasteiger partial charge in [-0.05, 0) is 43.4 Å². The van der Waals surface area contributed by atoms with Crippen LogP contribution in [0.4, 0.5) is 0 Å². The molecular formula is C20H27N3O4S. The van der Waals surface area contributed by atoms with Crippen LogP contribution in [0.2, 0.25) is 0 Å². The average Bonchev–Trinajstić information content (AvgIpc) is 3.11. The number of aromatic nitrogens is 1. The van der Waals surface area contributed by atoms with Crippen LogP contribution in [0.5, 0.6) is 0 Å². The van der Waals surface area contributed by atoms with Crippen LogP contribution in [0.1, 0.15) is 42.6 Å². The van der Waals surface area contributed by atoms with Gasteiger partial charge >= 0.3 is 5.97 Å². The third-order valence-electron chi connectivity index (χ3n) is 4.38. The molecule has 7 nitrogen and oxygen atoms in total. The van der Waals surface area contributed by atoms with Crippen molar-refractivity contribution in [3.8, 4) is 0 Å². The zero-order chi connectivity index (χ0) is 20.4. The van der Waals surface area contributed by atoms with Gasteiger partial charge in [-0.3, -0.25) is 9.59 Å². The van der Waals surface area contributed by atoms with E-state index in [1.54, 1.807) is 11.8 Å².